The molecular formula is C67H106O6. The van der Waals surface area contributed by atoms with Crippen LogP contribution < -0.4 is 0 Å². The number of carbonyl (C=O) groups is 3. The summed E-state index contributed by atoms with van der Waals surface area (Å²) in [6.45, 7) is 6.30. The van der Waals surface area contributed by atoms with E-state index in [1.807, 2.05) is 60.8 Å². The maximum absolute atomic E-state index is 12.9. The van der Waals surface area contributed by atoms with E-state index in [1.165, 1.54) is 89.9 Å². The molecule has 0 aromatic rings. The molecule has 0 aliphatic heterocycles. The van der Waals surface area contributed by atoms with Gasteiger partial charge in [0.25, 0.3) is 0 Å². The van der Waals surface area contributed by atoms with E-state index in [2.05, 4.69) is 106 Å². The molecule has 0 heterocycles. The normalized spacial score (nSPS) is 13.2. The standard InChI is InChI=1S/C67H106O6/c1-4-7-10-13-16-19-22-25-28-31-33-36-39-42-45-48-51-54-57-60-66(69)72-63-64(62-71-65(68)59-56-53-50-47-44-41-38-35-30-27-24-21-18-15-12-9-6-3)73-67(70)61-58-55-52-49-46-43-40-37-34-32-29-26-23-20-17-14-11-8-5-2/h7,9-10,12,15-21,23-28,30,33,35-36,38,41,44,64H,4-6,8,11,13-14,22,29,31-32,34,37,39-40,42-43,45-63H2,1-3H3/b10-7-,12-9-,18-15-,19-16-,20-17-,24-21-,26-23-,28-25-,30-27-,36-33-,38-35+,44-41-. The molecule has 0 N–H and O–H groups in total. The van der Waals surface area contributed by atoms with Gasteiger partial charge in [0, 0.05) is 19.3 Å². The van der Waals surface area contributed by atoms with Gasteiger partial charge in [0.2, 0.25) is 0 Å². The fraction of sp³-hybridized carbons (Fsp3) is 0.597. The molecule has 0 spiro atoms. The van der Waals surface area contributed by atoms with Crippen molar-refractivity contribution in [3.63, 3.8) is 0 Å². The summed E-state index contributed by atoms with van der Waals surface area (Å²) in [6, 6.07) is 0. The van der Waals surface area contributed by atoms with Crippen molar-refractivity contribution in [3.8, 4) is 0 Å². The van der Waals surface area contributed by atoms with Gasteiger partial charge in [-0.2, -0.15) is 0 Å². The van der Waals surface area contributed by atoms with Crippen LogP contribution >= 0.6 is 0 Å². The van der Waals surface area contributed by atoms with Gasteiger partial charge in [0.1, 0.15) is 13.2 Å². The number of ether oxygens (including phenoxy) is 3. The highest BCUT2D eigenvalue weighted by molar-refractivity contribution is 5.71. The molecule has 1 atom stereocenters. The van der Waals surface area contributed by atoms with Crippen LogP contribution in [0.15, 0.2) is 146 Å². The second-order valence-electron chi connectivity index (χ2n) is 19.0. The number of rotatable bonds is 51. The Kier molecular flexibility index (Phi) is 56.0. The van der Waals surface area contributed by atoms with Gasteiger partial charge in [-0.3, -0.25) is 14.4 Å². The zero-order valence-corrected chi connectivity index (χ0v) is 46.8. The highest BCUT2D eigenvalue weighted by Gasteiger charge is 2.19. The monoisotopic (exact) mass is 1010 g/mol. The highest BCUT2D eigenvalue weighted by atomic mass is 16.6. The molecule has 410 valence electrons. The summed E-state index contributed by atoms with van der Waals surface area (Å²) >= 11 is 0. The van der Waals surface area contributed by atoms with Crippen LogP contribution in [0.2, 0.25) is 0 Å². The summed E-state index contributed by atoms with van der Waals surface area (Å²) < 4.78 is 16.8. The second kappa shape index (κ2) is 59.8. The fourth-order valence-corrected chi connectivity index (χ4v) is 7.63. The smallest absolute Gasteiger partial charge is 0.306 e. The summed E-state index contributed by atoms with van der Waals surface area (Å²) in [7, 11) is 0. The van der Waals surface area contributed by atoms with E-state index in [1.54, 1.807) is 0 Å². The molecule has 0 radical (unpaired) electrons. The summed E-state index contributed by atoms with van der Waals surface area (Å²) in [5, 5.41) is 0. The Labute approximate surface area is 448 Å². The van der Waals surface area contributed by atoms with Gasteiger partial charge >= 0.3 is 17.9 Å². The lowest BCUT2D eigenvalue weighted by atomic mass is 10.1. The predicted octanol–water partition coefficient (Wildman–Crippen LogP) is 20.0. The average molecular weight is 1010 g/mol. The van der Waals surface area contributed by atoms with E-state index >= 15 is 0 Å². The third-order valence-corrected chi connectivity index (χ3v) is 12.0. The van der Waals surface area contributed by atoms with Crippen molar-refractivity contribution in [2.75, 3.05) is 13.2 Å². The molecule has 0 aromatic carbocycles. The van der Waals surface area contributed by atoms with Gasteiger partial charge in [-0.05, 0) is 103 Å². The maximum Gasteiger partial charge on any atom is 0.306 e. The molecule has 6 nitrogen and oxygen atoms in total. The average Bonchev–Trinajstić information content (AvgIpc) is 3.39. The van der Waals surface area contributed by atoms with E-state index < -0.39 is 6.10 Å². The molecule has 0 fully saturated rings. The summed E-state index contributed by atoms with van der Waals surface area (Å²) in [4.78, 5) is 38.2. The topological polar surface area (TPSA) is 78.9 Å². The van der Waals surface area contributed by atoms with Crippen molar-refractivity contribution >= 4 is 17.9 Å². The Balaban J connectivity index is 4.52. The molecule has 6 heteroatoms. The van der Waals surface area contributed by atoms with Gasteiger partial charge in [-0.1, -0.05) is 263 Å². The Morgan fingerprint density at radius 2 is 0.603 bits per heavy atom. The van der Waals surface area contributed by atoms with E-state index in [4.69, 9.17) is 14.2 Å². The van der Waals surface area contributed by atoms with Crippen molar-refractivity contribution in [1.29, 1.82) is 0 Å². The lowest BCUT2D eigenvalue weighted by Gasteiger charge is -2.18. The summed E-state index contributed by atoms with van der Waals surface area (Å²) in [5.41, 5.74) is 0. The number of hydrogen-bond acceptors (Lipinski definition) is 6. The molecular weight excluding hydrogens is 901 g/mol. The van der Waals surface area contributed by atoms with Crippen molar-refractivity contribution < 1.29 is 28.6 Å². The number of hydrogen-bond donors (Lipinski definition) is 0. The van der Waals surface area contributed by atoms with Crippen molar-refractivity contribution in [3.05, 3.63) is 146 Å². The van der Waals surface area contributed by atoms with E-state index in [0.717, 1.165) is 109 Å². The first kappa shape index (κ1) is 68.3. The Morgan fingerprint density at radius 1 is 0.301 bits per heavy atom. The zero-order valence-electron chi connectivity index (χ0n) is 46.8. The van der Waals surface area contributed by atoms with Crippen LogP contribution in [0.25, 0.3) is 0 Å². The first-order chi connectivity index (χ1) is 36.0. The van der Waals surface area contributed by atoms with Crippen LogP contribution in [-0.2, 0) is 28.6 Å². The van der Waals surface area contributed by atoms with E-state index in [-0.39, 0.29) is 31.1 Å². The molecule has 0 aromatic heterocycles. The Morgan fingerprint density at radius 3 is 1.03 bits per heavy atom. The molecule has 1 unspecified atom stereocenters. The van der Waals surface area contributed by atoms with Crippen LogP contribution in [0.4, 0.5) is 0 Å². The van der Waals surface area contributed by atoms with Gasteiger partial charge in [-0.15, -0.1) is 0 Å². The molecule has 0 amide bonds. The second-order valence-corrected chi connectivity index (χ2v) is 19.0. The van der Waals surface area contributed by atoms with Gasteiger partial charge in [-0.25, -0.2) is 0 Å². The summed E-state index contributed by atoms with van der Waals surface area (Å²) in [5.74, 6) is -0.972. The van der Waals surface area contributed by atoms with Crippen LogP contribution in [-0.4, -0.2) is 37.2 Å². The largest absolute Gasteiger partial charge is 0.462 e. The van der Waals surface area contributed by atoms with Crippen molar-refractivity contribution in [1.82, 2.24) is 0 Å². The Hall–Kier alpha value is -4.71. The number of esters is 3. The zero-order chi connectivity index (χ0) is 52.9. The minimum atomic E-state index is -0.812. The van der Waals surface area contributed by atoms with Crippen molar-refractivity contribution in [2.24, 2.45) is 0 Å². The minimum absolute atomic E-state index is 0.107. The lowest BCUT2D eigenvalue weighted by Crippen LogP contribution is -2.30. The van der Waals surface area contributed by atoms with Gasteiger partial charge in [0.15, 0.2) is 6.10 Å². The molecule has 73 heavy (non-hydrogen) atoms. The highest BCUT2D eigenvalue weighted by Crippen LogP contribution is 2.15. The Bertz CT molecular complexity index is 1630. The van der Waals surface area contributed by atoms with E-state index in [0.29, 0.717) is 19.3 Å². The summed E-state index contributed by atoms with van der Waals surface area (Å²) in [6.07, 6.45) is 85.4. The quantitative estimate of drug-likeness (QED) is 0.0199. The molecule has 0 saturated carbocycles. The van der Waals surface area contributed by atoms with Crippen molar-refractivity contribution in [2.45, 2.75) is 245 Å². The number of unbranched alkanes of at least 4 members (excludes halogenated alkanes) is 22. The molecule has 0 saturated heterocycles. The number of allylic oxidation sites excluding steroid dienone is 24. The van der Waals surface area contributed by atoms with Gasteiger partial charge in [0.05, 0.1) is 0 Å². The first-order valence-corrected chi connectivity index (χ1v) is 29.4. The minimum Gasteiger partial charge on any atom is -0.462 e. The van der Waals surface area contributed by atoms with Crippen LogP contribution in [0, 0.1) is 0 Å². The SMILES string of the molecule is CC\C=C/C=C\C=C/C=C\C=C\C=C/CCCCCC(=O)OCC(COC(=O)CCCCCCCC/C=C\C/C=C\C/C=C\C/C=C\CC)OC(=O)CCCCCCCCCCCC/C=C\C=C/CCCCC. The lowest BCUT2D eigenvalue weighted by molar-refractivity contribution is -0.167. The van der Waals surface area contributed by atoms with Crippen LogP contribution in [0.3, 0.4) is 0 Å². The molecule has 0 aliphatic carbocycles. The first-order valence-electron chi connectivity index (χ1n) is 29.4. The van der Waals surface area contributed by atoms with Crippen LogP contribution in [0.1, 0.15) is 239 Å². The fourth-order valence-electron chi connectivity index (χ4n) is 7.63. The third-order valence-electron chi connectivity index (χ3n) is 12.0. The van der Waals surface area contributed by atoms with Crippen LogP contribution in [0.5, 0.6) is 0 Å². The molecule has 0 aliphatic rings. The third kappa shape index (κ3) is 58.1. The molecule has 0 bridgehead atoms. The van der Waals surface area contributed by atoms with E-state index in [9.17, 15) is 14.4 Å². The predicted molar refractivity (Wildman–Crippen MR) is 315 cm³/mol. The molecule has 0 rings (SSSR count). The number of carbonyl (C=O) groups excluding carboxylic acids is 3. The maximum atomic E-state index is 12.9. The van der Waals surface area contributed by atoms with Gasteiger partial charge < -0.3 is 14.2 Å².